The van der Waals surface area contributed by atoms with Crippen LogP contribution < -0.4 is 15.4 Å². The van der Waals surface area contributed by atoms with Crippen LogP contribution in [0.25, 0.3) is 0 Å². The second kappa shape index (κ2) is 11.1. The van der Waals surface area contributed by atoms with Crippen molar-refractivity contribution in [1.82, 2.24) is 15.5 Å². The molecule has 2 aromatic rings. The lowest BCUT2D eigenvalue weighted by Crippen LogP contribution is -2.42. The summed E-state index contributed by atoms with van der Waals surface area (Å²) in [5.41, 5.74) is 1.93. The Bertz CT molecular complexity index is 1010. The Morgan fingerprint density at radius 3 is 2.41 bits per heavy atom. The number of amides is 3. The highest BCUT2D eigenvalue weighted by atomic mass is 32.2. The number of carbonyl (C=O) groups is 2. The molecular weight excluding hydrogens is 430 g/mol. The number of hydrogen-bond acceptors (Lipinski definition) is 6. The summed E-state index contributed by atoms with van der Waals surface area (Å²) in [5, 5.41) is 5.00. The van der Waals surface area contributed by atoms with E-state index in [9.17, 15) is 18.0 Å². The van der Waals surface area contributed by atoms with E-state index in [1.165, 1.54) is 0 Å². The Balaban J connectivity index is 1.53. The first kappa shape index (κ1) is 23.7. The lowest BCUT2D eigenvalue weighted by molar-refractivity contribution is -0.120. The molecule has 32 heavy (non-hydrogen) atoms. The molecule has 1 unspecified atom stereocenters. The summed E-state index contributed by atoms with van der Waals surface area (Å²) in [6, 6.07) is 16.3. The number of nitrogens with zero attached hydrogens (tertiary/aromatic N) is 1. The predicted molar refractivity (Wildman–Crippen MR) is 122 cm³/mol. The van der Waals surface area contributed by atoms with E-state index in [1.54, 1.807) is 7.11 Å². The van der Waals surface area contributed by atoms with Crippen molar-refractivity contribution in [3.63, 3.8) is 0 Å². The van der Waals surface area contributed by atoms with Gasteiger partial charge in [-0.1, -0.05) is 42.5 Å². The molecule has 1 heterocycles. The van der Waals surface area contributed by atoms with Crippen LogP contribution in [0, 0.1) is 0 Å². The fourth-order valence-electron chi connectivity index (χ4n) is 3.68. The van der Waals surface area contributed by atoms with Crippen molar-refractivity contribution in [1.29, 1.82) is 0 Å². The number of benzene rings is 2. The summed E-state index contributed by atoms with van der Waals surface area (Å²) in [5.74, 6) is 0.577. The first-order valence-electron chi connectivity index (χ1n) is 10.5. The van der Waals surface area contributed by atoms with E-state index in [2.05, 4.69) is 10.6 Å². The molecule has 3 amide bonds. The van der Waals surface area contributed by atoms with Gasteiger partial charge in [0, 0.05) is 32.1 Å². The topological polar surface area (TPSA) is 105 Å². The van der Waals surface area contributed by atoms with Gasteiger partial charge >= 0.3 is 6.03 Å². The van der Waals surface area contributed by atoms with Crippen molar-refractivity contribution >= 4 is 21.8 Å². The van der Waals surface area contributed by atoms with E-state index < -0.39 is 21.8 Å². The maximum Gasteiger partial charge on any atom is 0.321 e. The lowest BCUT2D eigenvalue weighted by atomic mass is 10.1. The first-order chi connectivity index (χ1) is 15.3. The van der Waals surface area contributed by atoms with Gasteiger partial charge in [-0.25, -0.2) is 13.2 Å². The summed E-state index contributed by atoms with van der Waals surface area (Å²) < 4.78 is 29.1. The third-order valence-electron chi connectivity index (χ3n) is 5.44. The molecule has 0 spiro atoms. The zero-order chi connectivity index (χ0) is 23.0. The van der Waals surface area contributed by atoms with Gasteiger partial charge in [0.2, 0.25) is 5.91 Å². The molecular formula is C23H29N3O5S. The van der Waals surface area contributed by atoms with E-state index in [-0.39, 0.29) is 24.0 Å². The zero-order valence-corrected chi connectivity index (χ0v) is 18.9. The first-order valence-corrected chi connectivity index (χ1v) is 12.4. The molecule has 1 saturated heterocycles. The second-order valence-corrected chi connectivity index (χ2v) is 10.1. The number of rotatable bonds is 9. The highest BCUT2D eigenvalue weighted by Crippen LogP contribution is 2.21. The van der Waals surface area contributed by atoms with Gasteiger partial charge in [-0.2, -0.15) is 0 Å². The molecule has 2 N–H and O–H groups in total. The average Bonchev–Trinajstić information content (AvgIpc) is 3.16. The Kier molecular flexibility index (Phi) is 8.24. The fourth-order valence-corrected chi connectivity index (χ4v) is 5.44. The minimum absolute atomic E-state index is 0.0857. The standard InChI is InChI=1S/C23H29N3O5S/c1-31-21-9-7-19(8-10-21)16-26(20-12-14-32(29,30)17-20)13-11-22(27)25-23(28)24-15-18-5-3-2-4-6-18/h2-10,20H,11-17H2,1H3,(H2,24,25,27,28). The Morgan fingerprint density at radius 2 is 1.78 bits per heavy atom. The van der Waals surface area contributed by atoms with E-state index in [4.69, 9.17) is 4.74 Å². The van der Waals surface area contributed by atoms with E-state index in [0.29, 0.717) is 26.1 Å². The van der Waals surface area contributed by atoms with Gasteiger partial charge in [-0.05, 0) is 29.7 Å². The molecule has 2 aromatic carbocycles. The summed E-state index contributed by atoms with van der Waals surface area (Å²) in [6.45, 7) is 1.19. The maximum atomic E-state index is 12.3. The summed E-state index contributed by atoms with van der Waals surface area (Å²) >= 11 is 0. The molecule has 3 rings (SSSR count). The number of ether oxygens (including phenoxy) is 1. The third kappa shape index (κ3) is 7.35. The minimum Gasteiger partial charge on any atom is -0.497 e. The van der Waals surface area contributed by atoms with Crippen LogP contribution >= 0.6 is 0 Å². The van der Waals surface area contributed by atoms with Crippen LogP contribution in [0.2, 0.25) is 0 Å². The molecule has 8 nitrogen and oxygen atoms in total. The van der Waals surface area contributed by atoms with Crippen molar-refractivity contribution in [2.75, 3.05) is 25.2 Å². The van der Waals surface area contributed by atoms with E-state index in [0.717, 1.165) is 16.9 Å². The van der Waals surface area contributed by atoms with Crippen LogP contribution in [-0.2, 0) is 27.7 Å². The van der Waals surface area contributed by atoms with Gasteiger partial charge in [0.25, 0.3) is 0 Å². The smallest absolute Gasteiger partial charge is 0.321 e. The number of nitrogens with one attached hydrogen (secondary N) is 2. The summed E-state index contributed by atoms with van der Waals surface area (Å²) in [7, 11) is -1.46. The SMILES string of the molecule is COc1ccc(CN(CCC(=O)NC(=O)NCc2ccccc2)C2CCS(=O)(=O)C2)cc1. The van der Waals surface area contributed by atoms with Crippen molar-refractivity contribution < 1.29 is 22.7 Å². The normalized spacial score (nSPS) is 17.1. The Hall–Kier alpha value is -2.91. The number of hydrogen-bond donors (Lipinski definition) is 2. The van der Waals surface area contributed by atoms with Crippen LogP contribution in [0.15, 0.2) is 54.6 Å². The molecule has 1 aliphatic rings. The van der Waals surface area contributed by atoms with Crippen molar-refractivity contribution in [3.8, 4) is 5.75 Å². The fraction of sp³-hybridized carbons (Fsp3) is 0.391. The van der Waals surface area contributed by atoms with Crippen molar-refractivity contribution in [2.45, 2.75) is 32.0 Å². The van der Waals surface area contributed by atoms with E-state index >= 15 is 0 Å². The number of imide groups is 1. The molecule has 0 aliphatic carbocycles. The van der Waals surface area contributed by atoms with Crippen LogP contribution in [-0.4, -0.2) is 56.5 Å². The molecule has 1 atom stereocenters. The van der Waals surface area contributed by atoms with Crippen molar-refractivity contribution in [2.24, 2.45) is 0 Å². The number of carbonyl (C=O) groups excluding carboxylic acids is 2. The number of urea groups is 1. The van der Waals surface area contributed by atoms with Gasteiger partial charge in [-0.15, -0.1) is 0 Å². The van der Waals surface area contributed by atoms with Gasteiger partial charge in [0.15, 0.2) is 9.84 Å². The molecule has 0 bridgehead atoms. The Morgan fingerprint density at radius 1 is 1.06 bits per heavy atom. The molecule has 9 heteroatoms. The average molecular weight is 460 g/mol. The highest BCUT2D eigenvalue weighted by Gasteiger charge is 2.32. The van der Waals surface area contributed by atoms with Crippen molar-refractivity contribution in [3.05, 3.63) is 65.7 Å². The quantitative estimate of drug-likeness (QED) is 0.595. The third-order valence-corrected chi connectivity index (χ3v) is 7.19. The van der Waals surface area contributed by atoms with Crippen LogP contribution in [0.3, 0.4) is 0 Å². The molecule has 0 aromatic heterocycles. The molecule has 172 valence electrons. The maximum absolute atomic E-state index is 12.3. The van der Waals surface area contributed by atoms with Gasteiger partial charge in [0.1, 0.15) is 5.75 Å². The molecule has 1 aliphatic heterocycles. The van der Waals surface area contributed by atoms with E-state index in [1.807, 2.05) is 59.5 Å². The minimum atomic E-state index is -3.06. The molecule has 1 fully saturated rings. The number of sulfone groups is 1. The van der Waals surface area contributed by atoms with Gasteiger partial charge in [0.05, 0.1) is 18.6 Å². The summed E-state index contributed by atoms with van der Waals surface area (Å²) in [4.78, 5) is 26.3. The molecule has 0 radical (unpaired) electrons. The molecule has 0 saturated carbocycles. The zero-order valence-electron chi connectivity index (χ0n) is 18.1. The van der Waals surface area contributed by atoms with Crippen LogP contribution in [0.5, 0.6) is 5.75 Å². The largest absolute Gasteiger partial charge is 0.497 e. The lowest BCUT2D eigenvalue weighted by Gasteiger charge is -2.28. The predicted octanol–water partition coefficient (Wildman–Crippen LogP) is 2.10. The number of methoxy groups -OCH3 is 1. The van der Waals surface area contributed by atoms with Gasteiger partial charge < -0.3 is 10.1 Å². The van der Waals surface area contributed by atoms with Crippen LogP contribution in [0.1, 0.15) is 24.0 Å². The van der Waals surface area contributed by atoms with Crippen LogP contribution in [0.4, 0.5) is 4.79 Å². The monoisotopic (exact) mass is 459 g/mol. The van der Waals surface area contributed by atoms with Gasteiger partial charge in [-0.3, -0.25) is 15.0 Å². The summed E-state index contributed by atoms with van der Waals surface area (Å²) in [6.07, 6.45) is 0.628. The second-order valence-electron chi connectivity index (χ2n) is 7.84. The Labute approximate surface area is 188 Å². The highest BCUT2D eigenvalue weighted by molar-refractivity contribution is 7.91.